The molecule has 0 spiro atoms. The second kappa shape index (κ2) is 6.34. The van der Waals surface area contributed by atoms with Crippen molar-refractivity contribution < 1.29 is 4.42 Å². The van der Waals surface area contributed by atoms with Crippen LogP contribution in [0.4, 0.5) is 0 Å². The van der Waals surface area contributed by atoms with E-state index < -0.39 is 0 Å². The summed E-state index contributed by atoms with van der Waals surface area (Å²) in [6, 6.07) is 15.4. The molecular weight excluding hydrogens is 322 g/mol. The molecule has 0 saturated carbocycles. The number of furan rings is 1. The minimum Gasteiger partial charge on any atom is -0.459 e. The Bertz CT molecular complexity index is 959. The van der Waals surface area contributed by atoms with Gasteiger partial charge in [-0.15, -0.1) is 0 Å². The van der Waals surface area contributed by atoms with Crippen LogP contribution in [0.25, 0.3) is 22.7 Å². The molecule has 0 saturated heterocycles. The number of benzene rings is 1. The highest BCUT2D eigenvalue weighted by molar-refractivity contribution is 6.33. The van der Waals surface area contributed by atoms with Crippen LogP contribution in [0.1, 0.15) is 5.76 Å². The first-order valence-electron chi connectivity index (χ1n) is 7.56. The van der Waals surface area contributed by atoms with E-state index in [1.165, 1.54) is 0 Å². The Morgan fingerprint density at radius 3 is 2.75 bits per heavy atom. The van der Waals surface area contributed by atoms with Crippen molar-refractivity contribution in [1.29, 1.82) is 0 Å². The van der Waals surface area contributed by atoms with E-state index >= 15 is 0 Å². The van der Waals surface area contributed by atoms with E-state index in [0.717, 1.165) is 28.5 Å². The third-order valence-electron chi connectivity index (χ3n) is 3.76. The Morgan fingerprint density at radius 2 is 1.92 bits per heavy atom. The van der Waals surface area contributed by atoms with Crippen molar-refractivity contribution in [2.24, 2.45) is 0 Å². The van der Waals surface area contributed by atoms with Gasteiger partial charge in [0.05, 0.1) is 11.6 Å². The number of hydrogen-bond acceptors (Lipinski definition) is 3. The highest BCUT2D eigenvalue weighted by Gasteiger charge is 2.11. The summed E-state index contributed by atoms with van der Waals surface area (Å²) >= 11 is 6.23. The van der Waals surface area contributed by atoms with Gasteiger partial charge in [0.15, 0.2) is 0 Å². The van der Waals surface area contributed by atoms with Crippen LogP contribution in [0.15, 0.2) is 77.7 Å². The molecule has 5 heteroatoms. The molecule has 3 heterocycles. The van der Waals surface area contributed by atoms with Gasteiger partial charge in [-0.3, -0.25) is 4.98 Å². The van der Waals surface area contributed by atoms with Crippen LogP contribution in [0.3, 0.4) is 0 Å². The second-order valence-corrected chi connectivity index (χ2v) is 5.77. The van der Waals surface area contributed by atoms with Gasteiger partial charge in [-0.25, -0.2) is 4.98 Å². The maximum atomic E-state index is 6.23. The molecule has 0 N–H and O–H groups in total. The second-order valence-electron chi connectivity index (χ2n) is 5.37. The number of nitrogens with zero attached hydrogens (tertiary/aromatic N) is 3. The van der Waals surface area contributed by atoms with Crippen molar-refractivity contribution in [2.75, 3.05) is 0 Å². The number of halogens is 1. The van der Waals surface area contributed by atoms with E-state index in [4.69, 9.17) is 16.0 Å². The maximum absolute atomic E-state index is 6.23. The number of imidazole rings is 1. The average molecular weight is 336 g/mol. The third kappa shape index (κ3) is 2.84. The molecule has 0 fully saturated rings. The quantitative estimate of drug-likeness (QED) is 0.532. The fourth-order valence-corrected chi connectivity index (χ4v) is 2.86. The molecule has 0 radical (unpaired) electrons. The zero-order valence-corrected chi connectivity index (χ0v) is 13.5. The number of hydrogen-bond donors (Lipinski definition) is 0. The molecule has 0 aliphatic heterocycles. The zero-order valence-electron chi connectivity index (χ0n) is 12.8. The molecule has 4 aromatic rings. The molecule has 4 nitrogen and oxygen atoms in total. The summed E-state index contributed by atoms with van der Waals surface area (Å²) in [6.07, 6.45) is 7.26. The molecule has 0 amide bonds. The van der Waals surface area contributed by atoms with Crippen molar-refractivity contribution in [2.45, 2.75) is 6.54 Å². The van der Waals surface area contributed by atoms with Gasteiger partial charge in [-0.1, -0.05) is 23.7 Å². The highest BCUT2D eigenvalue weighted by atomic mass is 35.5. The Hall–Kier alpha value is -2.85. The van der Waals surface area contributed by atoms with Crippen molar-refractivity contribution >= 4 is 11.6 Å². The molecule has 24 heavy (non-hydrogen) atoms. The van der Waals surface area contributed by atoms with Crippen LogP contribution in [0.5, 0.6) is 0 Å². The first-order valence-corrected chi connectivity index (χ1v) is 7.94. The molecular formula is C19H14ClN3O. The third-order valence-corrected chi connectivity index (χ3v) is 4.09. The van der Waals surface area contributed by atoms with E-state index in [1.54, 1.807) is 18.6 Å². The minimum absolute atomic E-state index is 0.592. The van der Waals surface area contributed by atoms with Gasteiger partial charge < -0.3 is 8.98 Å². The van der Waals surface area contributed by atoms with Gasteiger partial charge in [0.1, 0.15) is 17.3 Å². The van der Waals surface area contributed by atoms with Gasteiger partial charge in [0, 0.05) is 35.9 Å². The van der Waals surface area contributed by atoms with Crippen LogP contribution < -0.4 is 0 Å². The summed E-state index contributed by atoms with van der Waals surface area (Å²) in [4.78, 5) is 8.57. The SMILES string of the molecule is Clc1ccccc1-c1ccc(Cn2ccnc2-c2cccnc2)o1. The monoisotopic (exact) mass is 335 g/mol. The van der Waals surface area contributed by atoms with Crippen LogP contribution in [0.2, 0.25) is 5.02 Å². The maximum Gasteiger partial charge on any atom is 0.141 e. The largest absolute Gasteiger partial charge is 0.459 e. The van der Waals surface area contributed by atoms with E-state index in [2.05, 4.69) is 9.97 Å². The van der Waals surface area contributed by atoms with Crippen LogP contribution in [0, 0.1) is 0 Å². The Labute approximate surface area is 144 Å². The Morgan fingerprint density at radius 1 is 1.00 bits per heavy atom. The topological polar surface area (TPSA) is 43.9 Å². The number of aromatic nitrogens is 3. The lowest BCUT2D eigenvalue weighted by Crippen LogP contribution is -2.00. The first-order chi connectivity index (χ1) is 11.8. The standard InChI is InChI=1S/C19H14ClN3O/c20-17-6-2-1-5-16(17)18-8-7-15(24-18)13-23-11-10-22-19(23)14-4-3-9-21-12-14/h1-12H,13H2. The predicted molar refractivity (Wildman–Crippen MR) is 93.7 cm³/mol. The Kier molecular flexibility index (Phi) is 3.89. The first kappa shape index (κ1) is 14.7. The molecule has 0 bridgehead atoms. The number of rotatable bonds is 4. The minimum atomic E-state index is 0.592. The molecule has 118 valence electrons. The zero-order chi connectivity index (χ0) is 16.4. The summed E-state index contributed by atoms with van der Waals surface area (Å²) in [5.41, 5.74) is 1.86. The van der Waals surface area contributed by atoms with Gasteiger partial charge in [-0.2, -0.15) is 0 Å². The van der Waals surface area contributed by atoms with Gasteiger partial charge in [-0.05, 0) is 36.4 Å². The summed E-state index contributed by atoms with van der Waals surface area (Å²) in [7, 11) is 0. The van der Waals surface area contributed by atoms with Crippen LogP contribution >= 0.6 is 11.6 Å². The molecule has 0 aliphatic rings. The highest BCUT2D eigenvalue weighted by Crippen LogP contribution is 2.29. The fourth-order valence-electron chi connectivity index (χ4n) is 2.63. The molecule has 4 rings (SSSR count). The summed E-state index contributed by atoms with van der Waals surface area (Å²) in [5, 5.41) is 0.678. The lowest BCUT2D eigenvalue weighted by atomic mass is 10.2. The molecule has 0 unspecified atom stereocenters. The summed E-state index contributed by atoms with van der Waals surface area (Å²) < 4.78 is 8.00. The normalized spacial score (nSPS) is 10.9. The van der Waals surface area contributed by atoms with E-state index in [1.807, 2.05) is 59.3 Å². The summed E-state index contributed by atoms with van der Waals surface area (Å²) in [5.74, 6) is 2.46. The van der Waals surface area contributed by atoms with Gasteiger partial charge in [0.2, 0.25) is 0 Å². The predicted octanol–water partition coefficient (Wildman–Crippen LogP) is 4.91. The number of pyridine rings is 1. The van der Waals surface area contributed by atoms with Crippen LogP contribution in [-0.4, -0.2) is 14.5 Å². The molecule has 0 atom stereocenters. The smallest absolute Gasteiger partial charge is 0.141 e. The fraction of sp³-hybridized carbons (Fsp3) is 0.0526. The average Bonchev–Trinajstić information content (AvgIpc) is 3.26. The van der Waals surface area contributed by atoms with Crippen molar-refractivity contribution in [3.05, 3.63) is 84.1 Å². The molecule has 1 aromatic carbocycles. The van der Waals surface area contributed by atoms with Gasteiger partial charge >= 0.3 is 0 Å². The Balaban J connectivity index is 1.62. The lowest BCUT2D eigenvalue weighted by Gasteiger charge is -2.06. The lowest BCUT2D eigenvalue weighted by molar-refractivity contribution is 0.506. The van der Waals surface area contributed by atoms with E-state index in [-0.39, 0.29) is 0 Å². The molecule has 3 aromatic heterocycles. The summed E-state index contributed by atoms with van der Waals surface area (Å²) in [6.45, 7) is 0.592. The van der Waals surface area contributed by atoms with Crippen molar-refractivity contribution in [3.63, 3.8) is 0 Å². The van der Waals surface area contributed by atoms with Crippen molar-refractivity contribution in [1.82, 2.24) is 14.5 Å². The van der Waals surface area contributed by atoms with Gasteiger partial charge in [0.25, 0.3) is 0 Å². The molecule has 0 aliphatic carbocycles. The van der Waals surface area contributed by atoms with E-state index in [9.17, 15) is 0 Å². The van der Waals surface area contributed by atoms with Crippen LogP contribution in [-0.2, 0) is 6.54 Å². The van der Waals surface area contributed by atoms with E-state index in [0.29, 0.717) is 11.6 Å². The van der Waals surface area contributed by atoms with Crippen molar-refractivity contribution in [3.8, 4) is 22.7 Å².